The number of aromatic carboxylic acids is 1. The number of fused-ring (bicyclic) bond motifs is 1. The lowest BCUT2D eigenvalue weighted by molar-refractivity contribution is 0.0699. The zero-order chi connectivity index (χ0) is 14.9. The number of nitrogens with zero attached hydrogens (tertiary/aromatic N) is 2. The van der Waals surface area contributed by atoms with Gasteiger partial charge in [0.05, 0.1) is 29.8 Å². The maximum atomic E-state index is 11.3. The molecule has 108 valence electrons. The summed E-state index contributed by atoms with van der Waals surface area (Å²) < 4.78 is 1.73. The monoisotopic (exact) mass is 278 g/mol. The topological polar surface area (TPSA) is 95.6 Å². The molecule has 0 aliphatic heterocycles. The predicted octanol–water partition coefficient (Wildman–Crippen LogP) is 0.997. The van der Waals surface area contributed by atoms with Crippen molar-refractivity contribution >= 4 is 17.0 Å². The van der Waals surface area contributed by atoms with Crippen LogP contribution in [-0.4, -0.2) is 44.1 Å². The zero-order valence-electron chi connectivity index (χ0n) is 11.5. The van der Waals surface area contributed by atoms with Crippen LogP contribution in [-0.2, 0) is 12.0 Å². The molecule has 0 fully saturated rings. The van der Waals surface area contributed by atoms with Crippen molar-refractivity contribution in [2.75, 3.05) is 13.2 Å². The molecular weight excluding hydrogens is 260 g/mol. The lowest BCUT2D eigenvalue weighted by Crippen LogP contribution is -2.39. The highest BCUT2D eigenvalue weighted by Crippen LogP contribution is 2.27. The summed E-state index contributed by atoms with van der Waals surface area (Å²) in [6.07, 6.45) is 0.573. The van der Waals surface area contributed by atoms with Crippen LogP contribution in [0.1, 0.15) is 30.0 Å². The maximum Gasteiger partial charge on any atom is 0.337 e. The minimum Gasteiger partial charge on any atom is -0.478 e. The van der Waals surface area contributed by atoms with Gasteiger partial charge in [-0.1, -0.05) is 13.0 Å². The molecule has 0 aliphatic carbocycles. The third-order valence-corrected chi connectivity index (χ3v) is 3.52. The van der Waals surface area contributed by atoms with Crippen molar-refractivity contribution in [3.63, 3.8) is 0 Å². The number of benzene rings is 1. The van der Waals surface area contributed by atoms with Gasteiger partial charge in [0.1, 0.15) is 11.3 Å². The molecule has 0 spiro atoms. The van der Waals surface area contributed by atoms with E-state index < -0.39 is 11.5 Å². The highest BCUT2D eigenvalue weighted by Gasteiger charge is 2.30. The Balaban J connectivity index is 2.83. The number of aliphatic hydroxyl groups is 2. The van der Waals surface area contributed by atoms with Crippen LogP contribution in [0.4, 0.5) is 0 Å². The van der Waals surface area contributed by atoms with Crippen molar-refractivity contribution in [2.24, 2.45) is 0 Å². The molecule has 2 aromatic rings. The zero-order valence-corrected chi connectivity index (χ0v) is 11.5. The van der Waals surface area contributed by atoms with Gasteiger partial charge in [-0.05, 0) is 19.1 Å². The first kappa shape index (κ1) is 14.5. The number of carboxylic acid groups (broad SMARTS) is 1. The Morgan fingerprint density at radius 3 is 2.50 bits per heavy atom. The van der Waals surface area contributed by atoms with Gasteiger partial charge in [-0.3, -0.25) is 0 Å². The third-order valence-electron chi connectivity index (χ3n) is 3.52. The first-order valence-corrected chi connectivity index (χ1v) is 6.44. The minimum absolute atomic E-state index is 0.120. The molecule has 0 unspecified atom stereocenters. The largest absolute Gasteiger partial charge is 0.478 e. The van der Waals surface area contributed by atoms with E-state index in [4.69, 9.17) is 0 Å². The van der Waals surface area contributed by atoms with Gasteiger partial charge in [0.25, 0.3) is 0 Å². The van der Waals surface area contributed by atoms with Gasteiger partial charge in [0.2, 0.25) is 0 Å². The van der Waals surface area contributed by atoms with Crippen molar-refractivity contribution < 1.29 is 20.1 Å². The number of rotatable bonds is 5. The van der Waals surface area contributed by atoms with Crippen LogP contribution in [0.25, 0.3) is 11.0 Å². The molecule has 0 atom stereocenters. The van der Waals surface area contributed by atoms with E-state index in [2.05, 4.69) is 4.98 Å². The number of aromatic nitrogens is 2. The van der Waals surface area contributed by atoms with Gasteiger partial charge >= 0.3 is 5.97 Å². The van der Waals surface area contributed by atoms with Gasteiger partial charge in [-0.15, -0.1) is 0 Å². The fourth-order valence-electron chi connectivity index (χ4n) is 2.35. The molecule has 2 rings (SSSR count). The van der Waals surface area contributed by atoms with E-state index in [0.29, 0.717) is 23.3 Å². The van der Waals surface area contributed by atoms with Crippen molar-refractivity contribution in [1.82, 2.24) is 9.55 Å². The highest BCUT2D eigenvalue weighted by atomic mass is 16.4. The second-order valence-corrected chi connectivity index (χ2v) is 5.01. The van der Waals surface area contributed by atoms with Crippen molar-refractivity contribution in [1.29, 1.82) is 0 Å². The van der Waals surface area contributed by atoms with Crippen LogP contribution in [0, 0.1) is 0 Å². The second kappa shape index (κ2) is 5.22. The number of imidazole rings is 1. The minimum atomic E-state index is -1.04. The molecule has 0 saturated carbocycles. The first-order valence-electron chi connectivity index (χ1n) is 6.44. The van der Waals surface area contributed by atoms with Gasteiger partial charge < -0.3 is 19.9 Å². The van der Waals surface area contributed by atoms with Crippen LogP contribution in [0.2, 0.25) is 0 Å². The van der Waals surface area contributed by atoms with E-state index in [1.807, 2.05) is 6.92 Å². The Morgan fingerprint density at radius 2 is 2.00 bits per heavy atom. The van der Waals surface area contributed by atoms with Crippen molar-refractivity contribution in [3.8, 4) is 0 Å². The van der Waals surface area contributed by atoms with Crippen LogP contribution in [0.15, 0.2) is 18.2 Å². The van der Waals surface area contributed by atoms with Crippen LogP contribution in [0.3, 0.4) is 0 Å². The van der Waals surface area contributed by atoms with Crippen LogP contribution in [0.5, 0.6) is 0 Å². The van der Waals surface area contributed by atoms with Gasteiger partial charge in [0, 0.05) is 6.42 Å². The fraction of sp³-hybridized carbons (Fsp3) is 0.429. The highest BCUT2D eigenvalue weighted by molar-refractivity contribution is 6.01. The molecule has 0 saturated heterocycles. The number of hydrogen-bond donors (Lipinski definition) is 3. The molecule has 0 amide bonds. The van der Waals surface area contributed by atoms with E-state index >= 15 is 0 Å². The normalized spacial score (nSPS) is 12.0. The first-order chi connectivity index (χ1) is 9.48. The Kier molecular flexibility index (Phi) is 3.78. The lowest BCUT2D eigenvalue weighted by Gasteiger charge is -2.29. The molecule has 1 aromatic carbocycles. The summed E-state index contributed by atoms with van der Waals surface area (Å²) in [4.78, 5) is 15.6. The van der Waals surface area contributed by atoms with E-state index in [-0.39, 0.29) is 18.8 Å². The average Bonchev–Trinajstić information content (AvgIpc) is 2.85. The Morgan fingerprint density at radius 1 is 1.35 bits per heavy atom. The fourth-order valence-corrected chi connectivity index (χ4v) is 2.35. The SMILES string of the molecule is CCc1nc2c(C(=O)O)cccc2n1C(C)(CO)CO. The molecule has 1 heterocycles. The Bertz CT molecular complexity index is 644. The summed E-state index contributed by atoms with van der Waals surface area (Å²) in [5.74, 6) is -0.406. The molecule has 1 aromatic heterocycles. The molecule has 3 N–H and O–H groups in total. The molecule has 6 heteroatoms. The summed E-state index contributed by atoms with van der Waals surface area (Å²) in [5.41, 5.74) is 0.184. The molecule has 0 bridgehead atoms. The van der Waals surface area contributed by atoms with Gasteiger partial charge in [-0.25, -0.2) is 9.78 Å². The van der Waals surface area contributed by atoms with E-state index in [1.165, 1.54) is 6.07 Å². The number of carbonyl (C=O) groups is 1. The van der Waals surface area contributed by atoms with Crippen LogP contribution >= 0.6 is 0 Å². The molecule has 0 radical (unpaired) electrons. The van der Waals surface area contributed by atoms with Crippen molar-refractivity contribution in [3.05, 3.63) is 29.6 Å². The second-order valence-electron chi connectivity index (χ2n) is 5.01. The summed E-state index contributed by atoms with van der Waals surface area (Å²) >= 11 is 0. The standard InChI is InChI=1S/C14H18N2O4/c1-3-11-15-12-9(13(19)20)5-4-6-10(12)16(11)14(2,7-17)8-18/h4-6,17-18H,3,7-8H2,1-2H3,(H,19,20). The Labute approximate surface area is 116 Å². The summed E-state index contributed by atoms with van der Waals surface area (Å²) in [6.45, 7) is 3.08. The summed E-state index contributed by atoms with van der Waals surface area (Å²) in [7, 11) is 0. The van der Waals surface area contributed by atoms with Gasteiger partial charge in [-0.2, -0.15) is 0 Å². The van der Waals surface area contributed by atoms with Gasteiger partial charge in [0.15, 0.2) is 0 Å². The lowest BCUT2D eigenvalue weighted by atomic mass is 10.0. The van der Waals surface area contributed by atoms with E-state index in [9.17, 15) is 20.1 Å². The smallest absolute Gasteiger partial charge is 0.337 e. The summed E-state index contributed by atoms with van der Waals surface area (Å²) in [5, 5.41) is 28.4. The molecule has 0 aliphatic rings. The maximum absolute atomic E-state index is 11.3. The quantitative estimate of drug-likeness (QED) is 0.758. The molecule has 6 nitrogen and oxygen atoms in total. The average molecular weight is 278 g/mol. The number of aliphatic hydroxyl groups excluding tert-OH is 2. The molecule has 20 heavy (non-hydrogen) atoms. The number of aryl methyl sites for hydroxylation is 1. The number of carboxylic acids is 1. The van der Waals surface area contributed by atoms with Crippen LogP contribution < -0.4 is 0 Å². The van der Waals surface area contributed by atoms with Crippen molar-refractivity contribution in [2.45, 2.75) is 25.8 Å². The predicted molar refractivity (Wildman–Crippen MR) is 73.9 cm³/mol. The third kappa shape index (κ3) is 2.07. The van der Waals surface area contributed by atoms with E-state index in [0.717, 1.165) is 0 Å². The summed E-state index contributed by atoms with van der Waals surface area (Å²) in [6, 6.07) is 4.88. The Hall–Kier alpha value is -1.92. The number of para-hydroxylation sites is 1. The number of hydrogen-bond acceptors (Lipinski definition) is 4. The van der Waals surface area contributed by atoms with E-state index in [1.54, 1.807) is 23.6 Å². The molecular formula is C14H18N2O4.